The molecule has 7 nitrogen and oxygen atoms in total. The monoisotopic (exact) mass is 517 g/mol. The average Bonchev–Trinajstić information content (AvgIpc) is 2.83. The van der Waals surface area contributed by atoms with Crippen molar-refractivity contribution >= 4 is 35.1 Å². The Labute approximate surface area is 213 Å². The molecule has 3 aromatic rings. The maximum atomic E-state index is 12.4. The largest absolute Gasteiger partial charge is 0.425 e. The fourth-order valence-corrected chi connectivity index (χ4v) is 3.99. The van der Waals surface area contributed by atoms with Crippen LogP contribution in [-0.4, -0.2) is 54.1 Å². The number of carbonyl (C=O) groups is 2. The third-order valence-corrected chi connectivity index (χ3v) is 5.60. The number of benzene rings is 3. The molecule has 0 saturated heterocycles. The third-order valence-electron chi connectivity index (χ3n) is 5.17. The van der Waals surface area contributed by atoms with E-state index >= 15 is 0 Å². The van der Waals surface area contributed by atoms with E-state index in [0.29, 0.717) is 10.0 Å². The Morgan fingerprint density at radius 1 is 0.914 bits per heavy atom. The number of ether oxygens (including phenoxy) is 2. The number of carbonyl (C=O) groups excluding carboxylic acids is 2. The lowest BCUT2D eigenvalue weighted by Gasteiger charge is -2.27. The maximum absolute atomic E-state index is 12.4. The van der Waals surface area contributed by atoms with Crippen LogP contribution in [0.3, 0.4) is 0 Å². The molecule has 184 valence electrons. The highest BCUT2D eigenvalue weighted by Crippen LogP contribution is 2.27. The van der Waals surface area contributed by atoms with Crippen molar-refractivity contribution in [2.24, 2.45) is 0 Å². The quantitative estimate of drug-likeness (QED) is 0.280. The minimum absolute atomic E-state index is 0.128. The van der Waals surface area contributed by atoms with Gasteiger partial charge in [0.05, 0.1) is 6.04 Å². The van der Waals surface area contributed by atoms with Gasteiger partial charge in [-0.05, 0) is 53.4 Å². The van der Waals surface area contributed by atoms with Crippen LogP contribution < -0.4 is 10.1 Å². The molecule has 0 aliphatic carbocycles. The molecule has 3 aromatic carbocycles. The number of esters is 1. The summed E-state index contributed by atoms with van der Waals surface area (Å²) in [7, 11) is 1.36. The summed E-state index contributed by atoms with van der Waals surface area (Å²) in [6.45, 7) is -0.248. The smallest absolute Gasteiger partial charge is 0.343 e. The Bertz CT molecular complexity index is 1120. The summed E-state index contributed by atoms with van der Waals surface area (Å²) in [6.07, 6.45) is -3.41. The average molecular weight is 518 g/mol. The third kappa shape index (κ3) is 7.78. The molecule has 35 heavy (non-hydrogen) atoms. The van der Waals surface area contributed by atoms with E-state index in [0.717, 1.165) is 16.7 Å². The van der Waals surface area contributed by atoms with E-state index in [-0.39, 0.29) is 18.8 Å². The van der Waals surface area contributed by atoms with Crippen molar-refractivity contribution < 1.29 is 29.3 Å². The van der Waals surface area contributed by atoms with E-state index in [4.69, 9.17) is 32.7 Å². The summed E-state index contributed by atoms with van der Waals surface area (Å²) in [5.41, 5.74) is 2.44. The maximum Gasteiger partial charge on any atom is 0.343 e. The van der Waals surface area contributed by atoms with Gasteiger partial charge in [0.1, 0.15) is 18.5 Å². The van der Waals surface area contributed by atoms with Crippen LogP contribution in [0, 0.1) is 0 Å². The summed E-state index contributed by atoms with van der Waals surface area (Å²) < 4.78 is 9.96. The highest BCUT2D eigenvalue weighted by Gasteiger charge is 2.34. The Balaban J connectivity index is 1.75. The second-order valence-electron chi connectivity index (χ2n) is 7.84. The van der Waals surface area contributed by atoms with Gasteiger partial charge >= 0.3 is 5.97 Å². The van der Waals surface area contributed by atoms with Crippen LogP contribution in [0.2, 0.25) is 10.0 Å². The van der Waals surface area contributed by atoms with Crippen LogP contribution in [0.15, 0.2) is 72.8 Å². The lowest BCUT2D eigenvalue weighted by Crippen LogP contribution is -2.53. The zero-order valence-electron chi connectivity index (χ0n) is 18.9. The van der Waals surface area contributed by atoms with Crippen LogP contribution in [0.1, 0.15) is 5.56 Å². The van der Waals surface area contributed by atoms with Crippen molar-refractivity contribution in [2.45, 2.75) is 24.7 Å². The van der Waals surface area contributed by atoms with Crippen molar-refractivity contribution in [1.82, 2.24) is 5.32 Å². The number of methoxy groups -OCH3 is 1. The van der Waals surface area contributed by atoms with Crippen molar-refractivity contribution in [3.63, 3.8) is 0 Å². The fraction of sp³-hybridized carbons (Fsp3) is 0.231. The summed E-state index contributed by atoms with van der Waals surface area (Å²) in [4.78, 5) is 24.6. The first-order chi connectivity index (χ1) is 16.8. The number of amides is 1. The van der Waals surface area contributed by atoms with Crippen molar-refractivity contribution in [1.29, 1.82) is 0 Å². The van der Waals surface area contributed by atoms with Gasteiger partial charge in [-0.2, -0.15) is 0 Å². The second kappa shape index (κ2) is 12.7. The SMILES string of the molecule is COCC(=O)NC(Cc1ccc(-c2cc(Cl)cc(Cl)c2)cc1)C(O)C(O)C(=O)Oc1ccccc1. The van der Waals surface area contributed by atoms with E-state index < -0.39 is 30.1 Å². The van der Waals surface area contributed by atoms with Gasteiger partial charge in [-0.25, -0.2) is 4.79 Å². The van der Waals surface area contributed by atoms with Gasteiger partial charge in [-0.3, -0.25) is 4.79 Å². The minimum atomic E-state index is -1.89. The van der Waals surface area contributed by atoms with Crippen molar-refractivity contribution in [3.05, 3.63) is 88.4 Å². The summed E-state index contributed by atoms with van der Waals surface area (Å²) in [5.74, 6) is -1.33. The van der Waals surface area contributed by atoms with Gasteiger partial charge in [0.15, 0.2) is 6.10 Å². The molecule has 0 heterocycles. The van der Waals surface area contributed by atoms with Crippen LogP contribution >= 0.6 is 23.2 Å². The first-order valence-corrected chi connectivity index (χ1v) is 11.5. The molecule has 3 N–H and O–H groups in total. The zero-order chi connectivity index (χ0) is 25.4. The minimum Gasteiger partial charge on any atom is -0.425 e. The molecular weight excluding hydrogens is 493 g/mol. The molecule has 0 bridgehead atoms. The van der Waals surface area contributed by atoms with Crippen LogP contribution in [0.5, 0.6) is 5.75 Å². The number of nitrogens with one attached hydrogen (secondary N) is 1. The summed E-state index contributed by atoms with van der Waals surface area (Å²) in [6, 6.07) is 19.7. The van der Waals surface area contributed by atoms with Gasteiger partial charge in [0.25, 0.3) is 0 Å². The lowest BCUT2D eigenvalue weighted by atomic mass is 9.96. The molecule has 0 spiro atoms. The molecule has 0 aromatic heterocycles. The molecule has 0 fully saturated rings. The Kier molecular flexibility index (Phi) is 9.65. The second-order valence-corrected chi connectivity index (χ2v) is 8.71. The molecule has 3 atom stereocenters. The molecule has 0 aliphatic heterocycles. The number of halogens is 2. The number of aliphatic hydroxyl groups excluding tert-OH is 2. The highest BCUT2D eigenvalue weighted by molar-refractivity contribution is 6.35. The standard InChI is InChI=1S/C26H25Cl2NO6/c1-34-15-23(30)29-22(24(31)25(32)26(33)35-21-5-3-2-4-6-21)11-16-7-9-17(10-8-16)18-12-19(27)14-20(28)13-18/h2-10,12-14,22,24-25,31-32H,11,15H2,1H3,(H,29,30). The highest BCUT2D eigenvalue weighted by atomic mass is 35.5. The van der Waals surface area contributed by atoms with E-state index in [2.05, 4.69) is 5.32 Å². The molecule has 0 aliphatic rings. The van der Waals surface area contributed by atoms with Gasteiger partial charge in [-0.1, -0.05) is 65.7 Å². The van der Waals surface area contributed by atoms with E-state index in [1.165, 1.54) is 7.11 Å². The normalized spacial score (nSPS) is 13.5. The van der Waals surface area contributed by atoms with Crippen molar-refractivity contribution in [2.75, 3.05) is 13.7 Å². The first-order valence-electron chi connectivity index (χ1n) is 10.7. The lowest BCUT2D eigenvalue weighted by molar-refractivity contribution is -0.152. The zero-order valence-corrected chi connectivity index (χ0v) is 20.4. The molecule has 3 unspecified atom stereocenters. The number of rotatable bonds is 10. The molecule has 3 rings (SSSR count). The predicted molar refractivity (Wildman–Crippen MR) is 133 cm³/mol. The number of aliphatic hydroxyl groups is 2. The molecule has 1 amide bonds. The summed E-state index contributed by atoms with van der Waals surface area (Å²) >= 11 is 12.2. The topological polar surface area (TPSA) is 105 Å². The molecule has 0 radical (unpaired) electrons. The van der Waals surface area contributed by atoms with Gasteiger partial charge in [0, 0.05) is 17.2 Å². The molecule has 9 heteroatoms. The van der Waals surface area contributed by atoms with E-state index in [1.807, 2.05) is 12.1 Å². The van der Waals surface area contributed by atoms with Crippen molar-refractivity contribution in [3.8, 4) is 16.9 Å². The Morgan fingerprint density at radius 2 is 1.54 bits per heavy atom. The number of hydrogen-bond acceptors (Lipinski definition) is 6. The number of hydrogen-bond donors (Lipinski definition) is 3. The van der Waals surface area contributed by atoms with Gasteiger partial charge in [-0.15, -0.1) is 0 Å². The number of para-hydroxylation sites is 1. The van der Waals surface area contributed by atoms with Crippen LogP contribution in [0.4, 0.5) is 0 Å². The van der Waals surface area contributed by atoms with E-state index in [1.54, 1.807) is 60.7 Å². The van der Waals surface area contributed by atoms with Gasteiger partial charge in [0.2, 0.25) is 5.91 Å². The Hall–Kier alpha value is -2.94. The summed E-state index contributed by atoms with van der Waals surface area (Å²) in [5, 5.41) is 24.8. The first kappa shape index (κ1) is 26.7. The Morgan fingerprint density at radius 3 is 2.14 bits per heavy atom. The fourth-order valence-electron chi connectivity index (χ4n) is 3.47. The molecular formula is C26H25Cl2NO6. The van der Waals surface area contributed by atoms with Gasteiger partial charge < -0.3 is 25.0 Å². The predicted octanol–water partition coefficient (Wildman–Crippen LogP) is 3.66. The van der Waals surface area contributed by atoms with Crippen LogP contribution in [-0.2, 0) is 20.7 Å². The van der Waals surface area contributed by atoms with E-state index in [9.17, 15) is 19.8 Å². The van der Waals surface area contributed by atoms with Crippen LogP contribution in [0.25, 0.3) is 11.1 Å². The molecule has 0 saturated carbocycles.